The Morgan fingerprint density at radius 1 is 1.28 bits per heavy atom. The van der Waals surface area contributed by atoms with E-state index < -0.39 is 0 Å². The number of rotatable bonds is 5. The maximum absolute atomic E-state index is 6.27. The van der Waals surface area contributed by atoms with Gasteiger partial charge in [-0.1, -0.05) is 19.9 Å². The zero-order valence-electron chi connectivity index (χ0n) is 14.9. The van der Waals surface area contributed by atoms with E-state index in [9.17, 15) is 0 Å². The Morgan fingerprint density at radius 3 is 2.68 bits per heavy atom. The Labute approximate surface area is 153 Å². The number of hydrogen-bond donors (Lipinski definition) is 1. The molecule has 1 aliphatic rings. The van der Waals surface area contributed by atoms with Crippen molar-refractivity contribution < 1.29 is 0 Å². The largest absolute Gasteiger partial charge is 0.370 e. The van der Waals surface area contributed by atoms with Gasteiger partial charge >= 0.3 is 0 Å². The fraction of sp³-hybridized carbons (Fsp3) is 0.500. The van der Waals surface area contributed by atoms with Crippen molar-refractivity contribution in [2.75, 3.05) is 37.6 Å². The smallest absolute Gasteiger partial charge is 0.191 e. The van der Waals surface area contributed by atoms with Gasteiger partial charge in [0.05, 0.1) is 0 Å². The second-order valence-corrected chi connectivity index (χ2v) is 7.50. The van der Waals surface area contributed by atoms with Crippen LogP contribution < -0.4 is 10.6 Å². The molecule has 2 aromatic heterocycles. The molecule has 0 spiro atoms. The van der Waals surface area contributed by atoms with Crippen molar-refractivity contribution in [1.29, 1.82) is 0 Å². The SMILES string of the molecule is CC(C)C(CN=C(N)N1CCN(c2nccs2)CC1)c1cccnc1. The lowest BCUT2D eigenvalue weighted by Gasteiger charge is -2.35. The second kappa shape index (κ2) is 8.29. The zero-order chi connectivity index (χ0) is 17.6. The summed E-state index contributed by atoms with van der Waals surface area (Å²) < 4.78 is 0. The first-order valence-electron chi connectivity index (χ1n) is 8.74. The number of nitrogens with two attached hydrogens (primary N) is 1. The standard InChI is InChI=1S/C18H26N6S/c1-14(2)16(15-4-3-5-20-12-15)13-22-17(19)23-7-9-24(10-8-23)18-21-6-11-25-18/h3-6,11-12,14,16H,7-10,13H2,1-2H3,(H2,19,22). The molecule has 1 unspecified atom stereocenters. The number of hydrogen-bond acceptors (Lipinski definition) is 5. The fourth-order valence-corrected chi connectivity index (χ4v) is 3.78. The number of thiazole rings is 1. The maximum atomic E-state index is 6.27. The Morgan fingerprint density at radius 2 is 2.08 bits per heavy atom. The highest BCUT2D eigenvalue weighted by Crippen LogP contribution is 2.24. The highest BCUT2D eigenvalue weighted by Gasteiger charge is 2.21. The second-order valence-electron chi connectivity index (χ2n) is 6.62. The fourth-order valence-electron chi connectivity index (χ4n) is 3.09. The first-order valence-corrected chi connectivity index (χ1v) is 9.62. The predicted molar refractivity (Wildman–Crippen MR) is 104 cm³/mol. The number of nitrogens with zero attached hydrogens (tertiary/aromatic N) is 5. The number of aromatic nitrogens is 2. The van der Waals surface area contributed by atoms with Crippen LogP contribution in [-0.4, -0.2) is 53.6 Å². The Kier molecular flexibility index (Phi) is 5.86. The van der Waals surface area contributed by atoms with Crippen molar-refractivity contribution in [2.24, 2.45) is 16.6 Å². The van der Waals surface area contributed by atoms with Gasteiger partial charge in [-0.2, -0.15) is 0 Å². The van der Waals surface area contributed by atoms with E-state index in [1.807, 2.05) is 23.8 Å². The molecule has 3 rings (SSSR count). The minimum Gasteiger partial charge on any atom is -0.370 e. The minimum atomic E-state index is 0.337. The summed E-state index contributed by atoms with van der Waals surface area (Å²) >= 11 is 1.68. The lowest BCUT2D eigenvalue weighted by Crippen LogP contribution is -2.51. The van der Waals surface area contributed by atoms with Crippen LogP contribution in [0.25, 0.3) is 0 Å². The lowest BCUT2D eigenvalue weighted by atomic mass is 9.89. The molecule has 134 valence electrons. The molecule has 0 aromatic carbocycles. The molecule has 1 fully saturated rings. The van der Waals surface area contributed by atoms with Crippen LogP contribution >= 0.6 is 11.3 Å². The van der Waals surface area contributed by atoms with E-state index in [1.165, 1.54) is 5.56 Å². The van der Waals surface area contributed by atoms with Gasteiger partial charge < -0.3 is 15.5 Å². The third kappa shape index (κ3) is 4.48. The molecule has 1 aliphatic heterocycles. The Balaban J connectivity index is 1.58. The first kappa shape index (κ1) is 17.7. The topological polar surface area (TPSA) is 70.6 Å². The molecule has 1 atom stereocenters. The van der Waals surface area contributed by atoms with Crippen LogP contribution in [0.2, 0.25) is 0 Å². The highest BCUT2D eigenvalue weighted by atomic mass is 32.1. The number of piperazine rings is 1. The molecule has 0 bridgehead atoms. The molecule has 6 nitrogen and oxygen atoms in total. The van der Waals surface area contributed by atoms with E-state index in [2.05, 4.69) is 39.7 Å². The molecule has 0 aliphatic carbocycles. The van der Waals surface area contributed by atoms with Gasteiger partial charge in [0.15, 0.2) is 11.1 Å². The average molecular weight is 359 g/mol. The van der Waals surface area contributed by atoms with Crippen LogP contribution in [0.1, 0.15) is 25.3 Å². The van der Waals surface area contributed by atoms with Gasteiger partial charge in [0.25, 0.3) is 0 Å². The van der Waals surface area contributed by atoms with Gasteiger partial charge in [-0.3, -0.25) is 9.98 Å². The van der Waals surface area contributed by atoms with Crippen LogP contribution in [-0.2, 0) is 0 Å². The van der Waals surface area contributed by atoms with Gasteiger partial charge in [0.1, 0.15) is 0 Å². The number of anilines is 1. The summed E-state index contributed by atoms with van der Waals surface area (Å²) in [5.41, 5.74) is 7.49. The van der Waals surface area contributed by atoms with E-state index in [0.29, 0.717) is 24.3 Å². The van der Waals surface area contributed by atoms with E-state index >= 15 is 0 Å². The Hall–Kier alpha value is -2.15. The average Bonchev–Trinajstić information content (AvgIpc) is 3.17. The van der Waals surface area contributed by atoms with Gasteiger partial charge in [-0.25, -0.2) is 4.98 Å². The van der Waals surface area contributed by atoms with Crippen molar-refractivity contribution in [1.82, 2.24) is 14.9 Å². The summed E-state index contributed by atoms with van der Waals surface area (Å²) in [6, 6.07) is 4.10. The van der Waals surface area contributed by atoms with Gasteiger partial charge in [-0.15, -0.1) is 11.3 Å². The highest BCUT2D eigenvalue weighted by molar-refractivity contribution is 7.13. The van der Waals surface area contributed by atoms with Crippen molar-refractivity contribution in [2.45, 2.75) is 19.8 Å². The molecular formula is C18H26N6S. The van der Waals surface area contributed by atoms with Gasteiger partial charge in [0.2, 0.25) is 0 Å². The number of guanidine groups is 1. The summed E-state index contributed by atoms with van der Waals surface area (Å²) in [6.45, 7) is 8.76. The minimum absolute atomic E-state index is 0.337. The third-order valence-corrected chi connectivity index (χ3v) is 5.49. The zero-order valence-corrected chi connectivity index (χ0v) is 15.7. The summed E-state index contributed by atoms with van der Waals surface area (Å²) in [5.74, 6) is 1.47. The van der Waals surface area contributed by atoms with Crippen molar-refractivity contribution in [3.05, 3.63) is 41.7 Å². The molecule has 25 heavy (non-hydrogen) atoms. The molecule has 0 saturated carbocycles. The molecule has 0 amide bonds. The summed E-state index contributed by atoms with van der Waals surface area (Å²) in [5, 5.41) is 3.11. The molecular weight excluding hydrogens is 332 g/mol. The van der Waals surface area contributed by atoms with E-state index in [4.69, 9.17) is 10.7 Å². The monoisotopic (exact) mass is 358 g/mol. The van der Waals surface area contributed by atoms with Crippen molar-refractivity contribution >= 4 is 22.4 Å². The van der Waals surface area contributed by atoms with Crippen LogP contribution in [0.5, 0.6) is 0 Å². The first-order chi connectivity index (χ1) is 12.1. The molecule has 0 radical (unpaired) electrons. The lowest BCUT2D eigenvalue weighted by molar-refractivity contribution is 0.379. The normalized spacial score (nSPS) is 17.2. The van der Waals surface area contributed by atoms with Gasteiger partial charge in [-0.05, 0) is 17.5 Å². The summed E-state index contributed by atoms with van der Waals surface area (Å²) in [4.78, 5) is 17.8. The van der Waals surface area contributed by atoms with E-state index in [0.717, 1.165) is 31.3 Å². The van der Waals surface area contributed by atoms with E-state index in [1.54, 1.807) is 17.5 Å². The molecule has 1 saturated heterocycles. The molecule has 2 aromatic rings. The van der Waals surface area contributed by atoms with Crippen LogP contribution in [0.4, 0.5) is 5.13 Å². The predicted octanol–water partition coefficient (Wildman–Crippen LogP) is 2.41. The van der Waals surface area contributed by atoms with Crippen molar-refractivity contribution in [3.63, 3.8) is 0 Å². The van der Waals surface area contributed by atoms with Crippen molar-refractivity contribution in [3.8, 4) is 0 Å². The van der Waals surface area contributed by atoms with E-state index in [-0.39, 0.29) is 0 Å². The number of pyridine rings is 1. The van der Waals surface area contributed by atoms with Gasteiger partial charge in [0, 0.05) is 62.6 Å². The van der Waals surface area contributed by atoms with Crippen LogP contribution in [0.3, 0.4) is 0 Å². The molecule has 2 N–H and O–H groups in total. The molecule has 7 heteroatoms. The third-order valence-electron chi connectivity index (χ3n) is 4.66. The number of aliphatic imine (C=N–C) groups is 1. The summed E-state index contributed by atoms with van der Waals surface area (Å²) in [6.07, 6.45) is 5.59. The molecule has 3 heterocycles. The van der Waals surface area contributed by atoms with Crippen LogP contribution in [0, 0.1) is 5.92 Å². The maximum Gasteiger partial charge on any atom is 0.191 e. The quantitative estimate of drug-likeness (QED) is 0.656. The van der Waals surface area contributed by atoms with Crippen LogP contribution in [0.15, 0.2) is 41.1 Å². The summed E-state index contributed by atoms with van der Waals surface area (Å²) in [7, 11) is 0. The Bertz CT molecular complexity index is 662.